The third-order valence-corrected chi connectivity index (χ3v) is 4.85. The summed E-state index contributed by atoms with van der Waals surface area (Å²) in [5.74, 6) is 0.401. The van der Waals surface area contributed by atoms with Gasteiger partial charge in [0.25, 0.3) is 0 Å². The van der Waals surface area contributed by atoms with E-state index in [0.717, 1.165) is 39.0 Å². The fourth-order valence-electron chi connectivity index (χ4n) is 3.51. The van der Waals surface area contributed by atoms with Crippen LogP contribution in [0.5, 0.6) is 0 Å². The number of nitrogens with zero attached hydrogens (tertiary/aromatic N) is 1. The summed E-state index contributed by atoms with van der Waals surface area (Å²) in [4.78, 5) is 14.8. The van der Waals surface area contributed by atoms with E-state index in [1.54, 1.807) is 0 Å². The molecule has 0 atom stereocenters. The van der Waals surface area contributed by atoms with Gasteiger partial charge in [0.15, 0.2) is 0 Å². The van der Waals surface area contributed by atoms with Gasteiger partial charge in [-0.2, -0.15) is 0 Å². The molecule has 2 fully saturated rings. The zero-order valence-electron chi connectivity index (χ0n) is 13.7. The first kappa shape index (κ1) is 18.1. The number of carbonyl (C=O) groups is 1. The van der Waals surface area contributed by atoms with Crippen molar-refractivity contribution in [2.45, 2.75) is 38.6 Å². The average molecular weight is 338 g/mol. The van der Waals surface area contributed by atoms with Crippen molar-refractivity contribution < 1.29 is 4.79 Å². The monoisotopic (exact) mass is 337 g/mol. The first-order valence-electron chi connectivity index (χ1n) is 8.66. The number of piperidine rings is 2. The predicted molar refractivity (Wildman–Crippen MR) is 97.2 cm³/mol. The predicted octanol–water partition coefficient (Wildman–Crippen LogP) is 2.71. The van der Waals surface area contributed by atoms with E-state index in [1.165, 1.54) is 30.5 Å². The van der Waals surface area contributed by atoms with Gasteiger partial charge in [-0.05, 0) is 56.8 Å². The van der Waals surface area contributed by atoms with Gasteiger partial charge >= 0.3 is 0 Å². The van der Waals surface area contributed by atoms with Crippen LogP contribution >= 0.6 is 12.4 Å². The number of benzene rings is 1. The van der Waals surface area contributed by atoms with Crippen LogP contribution in [0.25, 0.3) is 0 Å². The molecular formula is C18H28ClN3O. The molecule has 0 saturated carbocycles. The lowest BCUT2D eigenvalue weighted by Crippen LogP contribution is -2.38. The minimum absolute atomic E-state index is 0. The van der Waals surface area contributed by atoms with Crippen molar-refractivity contribution in [1.29, 1.82) is 0 Å². The highest BCUT2D eigenvalue weighted by molar-refractivity contribution is 5.85. The van der Waals surface area contributed by atoms with Crippen LogP contribution in [0.3, 0.4) is 0 Å². The van der Waals surface area contributed by atoms with Crippen LogP contribution in [0.2, 0.25) is 0 Å². The Kier molecular flexibility index (Phi) is 7.18. The summed E-state index contributed by atoms with van der Waals surface area (Å²) < 4.78 is 0. The summed E-state index contributed by atoms with van der Waals surface area (Å²) in [6.45, 7) is 4.85. The minimum atomic E-state index is 0. The third kappa shape index (κ3) is 4.85. The Labute approximate surface area is 145 Å². The van der Waals surface area contributed by atoms with Crippen LogP contribution < -0.4 is 15.5 Å². The van der Waals surface area contributed by atoms with Gasteiger partial charge < -0.3 is 15.5 Å². The zero-order valence-corrected chi connectivity index (χ0v) is 14.5. The molecule has 5 heteroatoms. The van der Waals surface area contributed by atoms with E-state index in [4.69, 9.17) is 0 Å². The number of carbonyl (C=O) groups excluding carboxylic acids is 1. The number of hydrogen-bond donors (Lipinski definition) is 2. The summed E-state index contributed by atoms with van der Waals surface area (Å²) in [6, 6.07) is 8.51. The van der Waals surface area contributed by atoms with E-state index in [0.29, 0.717) is 6.54 Å². The Morgan fingerprint density at radius 1 is 1.13 bits per heavy atom. The van der Waals surface area contributed by atoms with Crippen molar-refractivity contribution >= 4 is 24.0 Å². The topological polar surface area (TPSA) is 44.4 Å². The maximum Gasteiger partial charge on any atom is 0.223 e. The van der Waals surface area contributed by atoms with Crippen molar-refractivity contribution in [3.05, 3.63) is 29.8 Å². The molecule has 1 aromatic carbocycles. The lowest BCUT2D eigenvalue weighted by Gasteiger charge is -2.31. The Morgan fingerprint density at radius 3 is 2.57 bits per heavy atom. The number of amides is 1. The highest BCUT2D eigenvalue weighted by Crippen LogP contribution is 2.24. The molecule has 4 nitrogen and oxygen atoms in total. The molecule has 2 heterocycles. The third-order valence-electron chi connectivity index (χ3n) is 4.85. The second-order valence-electron chi connectivity index (χ2n) is 6.42. The normalized spacial score (nSPS) is 19.0. The quantitative estimate of drug-likeness (QED) is 0.888. The Hall–Kier alpha value is -1.26. The summed E-state index contributed by atoms with van der Waals surface area (Å²) in [6.07, 6.45) is 5.80. The Balaban J connectivity index is 0.00000192. The molecule has 2 aliphatic heterocycles. The number of hydrogen-bond acceptors (Lipinski definition) is 3. The highest BCUT2D eigenvalue weighted by atomic mass is 35.5. The molecule has 2 aliphatic rings. The summed E-state index contributed by atoms with van der Waals surface area (Å²) in [5, 5.41) is 6.46. The molecule has 0 spiro atoms. The van der Waals surface area contributed by atoms with Gasteiger partial charge in [0.05, 0.1) is 0 Å². The van der Waals surface area contributed by atoms with Gasteiger partial charge in [0, 0.05) is 31.2 Å². The van der Waals surface area contributed by atoms with Crippen molar-refractivity contribution in [3.8, 4) is 0 Å². The number of rotatable bonds is 4. The largest absolute Gasteiger partial charge is 0.371 e. The first-order chi connectivity index (χ1) is 10.8. The van der Waals surface area contributed by atoms with Crippen molar-refractivity contribution in [2.24, 2.45) is 5.92 Å². The Bertz CT molecular complexity index is 497. The van der Waals surface area contributed by atoms with E-state index < -0.39 is 0 Å². The van der Waals surface area contributed by atoms with Crippen LogP contribution in [0, 0.1) is 5.92 Å². The fourth-order valence-corrected chi connectivity index (χ4v) is 3.51. The van der Waals surface area contributed by atoms with Gasteiger partial charge in [0.1, 0.15) is 0 Å². The van der Waals surface area contributed by atoms with E-state index in [9.17, 15) is 4.79 Å². The van der Waals surface area contributed by atoms with Gasteiger partial charge in [-0.3, -0.25) is 4.79 Å². The van der Waals surface area contributed by atoms with E-state index >= 15 is 0 Å². The first-order valence-corrected chi connectivity index (χ1v) is 8.66. The SMILES string of the molecule is Cl.O=C(NCc1ccccc1N1CCCCC1)C1CCNCC1. The second kappa shape index (κ2) is 9.14. The van der Waals surface area contributed by atoms with Gasteiger partial charge in [0.2, 0.25) is 5.91 Å². The van der Waals surface area contributed by atoms with Gasteiger partial charge in [-0.15, -0.1) is 12.4 Å². The molecule has 2 saturated heterocycles. The summed E-state index contributed by atoms with van der Waals surface area (Å²) >= 11 is 0. The van der Waals surface area contributed by atoms with Crippen molar-refractivity contribution in [3.63, 3.8) is 0 Å². The molecule has 23 heavy (non-hydrogen) atoms. The van der Waals surface area contributed by atoms with Crippen LogP contribution in [-0.2, 0) is 11.3 Å². The maximum atomic E-state index is 12.3. The second-order valence-corrected chi connectivity index (χ2v) is 6.42. The molecule has 2 N–H and O–H groups in total. The molecule has 3 rings (SSSR count). The minimum Gasteiger partial charge on any atom is -0.371 e. The Morgan fingerprint density at radius 2 is 1.83 bits per heavy atom. The molecule has 1 aromatic rings. The molecule has 0 aliphatic carbocycles. The maximum absolute atomic E-state index is 12.3. The van der Waals surface area contributed by atoms with Gasteiger partial charge in [-0.1, -0.05) is 18.2 Å². The number of nitrogens with one attached hydrogen (secondary N) is 2. The van der Waals surface area contributed by atoms with E-state index in [2.05, 4.69) is 39.8 Å². The molecular weight excluding hydrogens is 310 g/mol. The molecule has 0 bridgehead atoms. The van der Waals surface area contributed by atoms with Crippen LogP contribution in [0.15, 0.2) is 24.3 Å². The number of para-hydroxylation sites is 1. The molecule has 0 unspecified atom stereocenters. The number of halogens is 1. The van der Waals surface area contributed by atoms with Crippen molar-refractivity contribution in [1.82, 2.24) is 10.6 Å². The van der Waals surface area contributed by atoms with Crippen LogP contribution in [-0.4, -0.2) is 32.1 Å². The summed E-state index contributed by atoms with van der Waals surface area (Å²) in [7, 11) is 0. The molecule has 0 radical (unpaired) electrons. The smallest absolute Gasteiger partial charge is 0.223 e. The molecule has 128 valence electrons. The van der Waals surface area contributed by atoms with Crippen LogP contribution in [0.4, 0.5) is 5.69 Å². The summed E-state index contributed by atoms with van der Waals surface area (Å²) in [5.41, 5.74) is 2.54. The molecule has 0 aromatic heterocycles. The van der Waals surface area contributed by atoms with E-state index in [1.807, 2.05) is 0 Å². The standard InChI is InChI=1S/C18H27N3O.ClH/c22-18(15-8-10-19-11-9-15)20-14-16-6-2-3-7-17(16)21-12-4-1-5-13-21;/h2-3,6-7,15,19H,1,4-5,8-14H2,(H,20,22);1H. The van der Waals surface area contributed by atoms with Crippen LogP contribution in [0.1, 0.15) is 37.7 Å². The zero-order chi connectivity index (χ0) is 15.2. The highest BCUT2D eigenvalue weighted by Gasteiger charge is 2.21. The van der Waals surface area contributed by atoms with Crippen molar-refractivity contribution in [2.75, 3.05) is 31.1 Å². The average Bonchev–Trinajstić information content (AvgIpc) is 2.61. The fraction of sp³-hybridized carbons (Fsp3) is 0.611. The lowest BCUT2D eigenvalue weighted by atomic mass is 9.97. The number of anilines is 1. The molecule has 1 amide bonds. The van der Waals surface area contributed by atoms with Gasteiger partial charge in [-0.25, -0.2) is 0 Å². The lowest BCUT2D eigenvalue weighted by molar-refractivity contribution is -0.125. The van der Waals surface area contributed by atoms with E-state index in [-0.39, 0.29) is 24.2 Å².